The lowest BCUT2D eigenvalue weighted by Crippen LogP contribution is -2.55. The zero-order chi connectivity index (χ0) is 19.4. The number of benzene rings is 1. The highest BCUT2D eigenvalue weighted by atomic mass is 79.9. The number of halogens is 1. The molecule has 2 amide bonds. The van der Waals surface area contributed by atoms with Crippen molar-refractivity contribution in [1.29, 1.82) is 0 Å². The molecule has 2 unspecified atom stereocenters. The first-order chi connectivity index (χ1) is 12.9. The molecule has 0 aromatic heterocycles. The summed E-state index contributed by atoms with van der Waals surface area (Å²) < 4.78 is 0. The number of likely N-dealkylation sites (tertiary alicyclic amines) is 1. The number of piperidine rings is 1. The van der Waals surface area contributed by atoms with E-state index < -0.39 is 0 Å². The fraction of sp³-hybridized carbons (Fsp3) is 0.619. The average molecular weight is 436 g/mol. The lowest BCUT2D eigenvalue weighted by molar-refractivity contribution is -0.140. The van der Waals surface area contributed by atoms with Crippen molar-refractivity contribution in [2.24, 2.45) is 5.92 Å². The van der Waals surface area contributed by atoms with E-state index in [0.717, 1.165) is 32.2 Å². The molecule has 27 heavy (non-hydrogen) atoms. The fourth-order valence-corrected chi connectivity index (χ4v) is 4.81. The number of hydrogen-bond acceptors (Lipinski definition) is 3. The molecule has 1 heterocycles. The van der Waals surface area contributed by atoms with Crippen molar-refractivity contribution < 1.29 is 9.59 Å². The Kier molecular flexibility index (Phi) is 6.58. The van der Waals surface area contributed by atoms with Crippen LogP contribution in [0.5, 0.6) is 0 Å². The number of carbonyl (C=O) groups is 2. The second kappa shape index (κ2) is 8.74. The lowest BCUT2D eigenvalue weighted by atomic mass is 9.77. The molecule has 2 fully saturated rings. The minimum atomic E-state index is -0.0188. The van der Waals surface area contributed by atoms with E-state index >= 15 is 0 Å². The molecule has 6 heteroatoms. The van der Waals surface area contributed by atoms with Gasteiger partial charge < -0.3 is 10.2 Å². The van der Waals surface area contributed by atoms with Crippen LogP contribution in [0.3, 0.4) is 0 Å². The van der Waals surface area contributed by atoms with Crippen molar-refractivity contribution in [2.45, 2.75) is 49.5 Å². The first-order valence-corrected chi connectivity index (χ1v) is 10.8. The number of likely N-dealkylation sites (N-methyl/N-ethyl adjacent to an activating group) is 1. The van der Waals surface area contributed by atoms with E-state index in [-0.39, 0.29) is 22.3 Å². The summed E-state index contributed by atoms with van der Waals surface area (Å²) in [6.07, 6.45) is 5.36. The molecule has 1 aromatic carbocycles. The van der Waals surface area contributed by atoms with Gasteiger partial charge in [0.15, 0.2) is 0 Å². The Morgan fingerprint density at radius 3 is 2.59 bits per heavy atom. The average Bonchev–Trinajstić information content (AvgIpc) is 2.66. The van der Waals surface area contributed by atoms with E-state index in [4.69, 9.17) is 0 Å². The predicted octanol–water partition coefficient (Wildman–Crippen LogP) is 3.25. The number of nitrogens with zero attached hydrogens (tertiary/aromatic N) is 2. The molecule has 1 aromatic rings. The monoisotopic (exact) mass is 435 g/mol. The molecule has 1 saturated carbocycles. The van der Waals surface area contributed by atoms with Crippen LogP contribution in [0, 0.1) is 5.92 Å². The molecule has 3 rings (SSSR count). The maximum absolute atomic E-state index is 12.7. The highest BCUT2D eigenvalue weighted by molar-refractivity contribution is 9.09. The molecule has 0 bridgehead atoms. The molecule has 5 nitrogen and oxygen atoms in total. The third-order valence-corrected chi connectivity index (χ3v) is 7.24. The van der Waals surface area contributed by atoms with Crippen LogP contribution in [-0.2, 0) is 4.79 Å². The minimum absolute atomic E-state index is 0.0188. The van der Waals surface area contributed by atoms with Crippen LogP contribution in [0.1, 0.15) is 49.4 Å². The summed E-state index contributed by atoms with van der Waals surface area (Å²) in [5, 5.41) is 3.04. The Labute approximate surface area is 170 Å². The van der Waals surface area contributed by atoms with Crippen molar-refractivity contribution >= 4 is 27.7 Å². The topological polar surface area (TPSA) is 52.7 Å². The van der Waals surface area contributed by atoms with Gasteiger partial charge in [0.25, 0.3) is 5.91 Å². The van der Waals surface area contributed by atoms with Crippen LogP contribution in [0.15, 0.2) is 30.3 Å². The van der Waals surface area contributed by atoms with Crippen molar-refractivity contribution in [3.63, 3.8) is 0 Å². The maximum Gasteiger partial charge on any atom is 0.251 e. The van der Waals surface area contributed by atoms with Crippen molar-refractivity contribution in [3.8, 4) is 0 Å². The van der Waals surface area contributed by atoms with Gasteiger partial charge in [-0.1, -0.05) is 34.1 Å². The fourth-order valence-electron chi connectivity index (χ4n) is 3.93. The van der Waals surface area contributed by atoms with Crippen LogP contribution in [0.25, 0.3) is 0 Å². The van der Waals surface area contributed by atoms with Crippen molar-refractivity contribution in [1.82, 2.24) is 15.1 Å². The zero-order valence-electron chi connectivity index (χ0n) is 16.3. The summed E-state index contributed by atoms with van der Waals surface area (Å²) in [7, 11) is 1.94. The molecular formula is C21H30BrN3O2. The first kappa shape index (κ1) is 20.3. The molecule has 1 aliphatic heterocycles. The molecular weight excluding hydrogens is 406 g/mol. The van der Waals surface area contributed by atoms with Gasteiger partial charge in [-0.2, -0.15) is 0 Å². The number of rotatable bonds is 6. The second-order valence-electron chi connectivity index (χ2n) is 8.17. The van der Waals surface area contributed by atoms with Crippen LogP contribution in [-0.4, -0.2) is 58.8 Å². The number of nitrogens with one attached hydrogen (secondary N) is 1. The van der Waals surface area contributed by atoms with E-state index in [2.05, 4.69) is 33.1 Å². The van der Waals surface area contributed by atoms with Crippen LogP contribution < -0.4 is 5.32 Å². The van der Waals surface area contributed by atoms with E-state index in [1.165, 1.54) is 6.42 Å². The highest BCUT2D eigenvalue weighted by Crippen LogP contribution is 2.36. The van der Waals surface area contributed by atoms with E-state index in [1.807, 2.05) is 42.3 Å². The maximum atomic E-state index is 12.7. The quantitative estimate of drug-likeness (QED) is 0.550. The summed E-state index contributed by atoms with van der Waals surface area (Å²) in [6.45, 7) is 4.19. The van der Waals surface area contributed by atoms with Gasteiger partial charge in [0, 0.05) is 31.2 Å². The van der Waals surface area contributed by atoms with Crippen LogP contribution >= 0.6 is 15.9 Å². The molecule has 0 radical (unpaired) electrons. The third kappa shape index (κ3) is 4.91. The van der Waals surface area contributed by atoms with Gasteiger partial charge in [0.1, 0.15) is 0 Å². The molecule has 1 saturated heterocycles. The Bertz CT molecular complexity index is 663. The van der Waals surface area contributed by atoms with Gasteiger partial charge >= 0.3 is 0 Å². The number of alkyl halides is 1. The number of carbonyl (C=O) groups excluding carboxylic acids is 2. The van der Waals surface area contributed by atoms with Gasteiger partial charge in [-0.05, 0) is 57.1 Å². The normalized spacial score (nSPS) is 24.7. The van der Waals surface area contributed by atoms with E-state index in [0.29, 0.717) is 24.6 Å². The predicted molar refractivity (Wildman–Crippen MR) is 111 cm³/mol. The van der Waals surface area contributed by atoms with Gasteiger partial charge in [0.05, 0.1) is 11.5 Å². The van der Waals surface area contributed by atoms with Gasteiger partial charge in [0.2, 0.25) is 5.91 Å². The van der Waals surface area contributed by atoms with Crippen molar-refractivity contribution in [2.75, 3.05) is 26.7 Å². The van der Waals surface area contributed by atoms with Gasteiger partial charge in [-0.3, -0.25) is 14.5 Å². The summed E-state index contributed by atoms with van der Waals surface area (Å²) >= 11 is 3.75. The SMILES string of the molecule is CN(C(=O)CN1CCC(CNC(=O)c2ccccc2)CC1Br)C1(C)CCC1. The molecule has 2 aliphatic rings. The van der Waals surface area contributed by atoms with E-state index in [1.54, 1.807) is 0 Å². The lowest BCUT2D eigenvalue weighted by Gasteiger charge is -2.47. The standard InChI is InChI=1S/C21H30BrN3O2/c1-21(10-6-11-21)24(2)19(26)15-25-12-9-16(13-18(25)22)14-23-20(27)17-7-4-3-5-8-17/h3-5,7-8,16,18H,6,9-15H2,1-2H3,(H,23,27). The largest absolute Gasteiger partial charge is 0.352 e. The Morgan fingerprint density at radius 2 is 2.00 bits per heavy atom. The molecule has 148 valence electrons. The van der Waals surface area contributed by atoms with Crippen LogP contribution in [0.2, 0.25) is 0 Å². The summed E-state index contributed by atoms with van der Waals surface area (Å²) in [6, 6.07) is 9.32. The number of amides is 2. The summed E-state index contributed by atoms with van der Waals surface area (Å²) in [4.78, 5) is 29.2. The molecule has 1 N–H and O–H groups in total. The Morgan fingerprint density at radius 1 is 1.30 bits per heavy atom. The van der Waals surface area contributed by atoms with Crippen LogP contribution in [0.4, 0.5) is 0 Å². The molecule has 0 spiro atoms. The molecule has 1 aliphatic carbocycles. The van der Waals surface area contributed by atoms with Gasteiger partial charge in [-0.25, -0.2) is 0 Å². The minimum Gasteiger partial charge on any atom is -0.352 e. The zero-order valence-corrected chi connectivity index (χ0v) is 17.9. The Balaban J connectivity index is 1.43. The second-order valence-corrected chi connectivity index (χ2v) is 9.23. The number of hydrogen-bond donors (Lipinski definition) is 1. The molecule has 2 atom stereocenters. The third-order valence-electron chi connectivity index (χ3n) is 6.29. The van der Waals surface area contributed by atoms with E-state index in [9.17, 15) is 9.59 Å². The van der Waals surface area contributed by atoms with Crippen molar-refractivity contribution in [3.05, 3.63) is 35.9 Å². The van der Waals surface area contributed by atoms with Gasteiger partial charge in [-0.15, -0.1) is 0 Å². The first-order valence-electron chi connectivity index (χ1n) is 9.87. The smallest absolute Gasteiger partial charge is 0.251 e. The highest BCUT2D eigenvalue weighted by Gasteiger charge is 2.39. The summed E-state index contributed by atoms with van der Waals surface area (Å²) in [5.41, 5.74) is 0.752. The summed E-state index contributed by atoms with van der Waals surface area (Å²) in [5.74, 6) is 0.613. The Hall–Kier alpha value is -1.40.